The fraction of sp³-hybridized carbons (Fsp3) is 0.407. The molecule has 7 atom stereocenters. The smallest absolute Gasteiger partial charge is 0.332 e. The van der Waals surface area contributed by atoms with E-state index in [9.17, 15) is 14.7 Å². The van der Waals surface area contributed by atoms with Crippen LogP contribution < -0.4 is 10.1 Å². The summed E-state index contributed by atoms with van der Waals surface area (Å²) in [5.74, 6) is -0.931. The minimum absolute atomic E-state index is 0.159. The van der Waals surface area contributed by atoms with Crippen molar-refractivity contribution in [2.75, 3.05) is 6.61 Å². The number of amides is 1. The molecule has 0 aliphatic carbocycles. The van der Waals surface area contributed by atoms with E-state index in [1.165, 1.54) is 13.8 Å². The van der Waals surface area contributed by atoms with Crippen LogP contribution in [0, 0.1) is 0 Å². The first kappa shape index (κ1) is 25.8. The fourth-order valence-corrected chi connectivity index (χ4v) is 4.36. The Bertz CT molecular complexity index is 1060. The number of rotatable bonds is 9. The number of nitrogens with one attached hydrogen (secondary N) is 1. The molecule has 192 valence electrons. The number of ether oxygens (including phenoxy) is 5. The summed E-state index contributed by atoms with van der Waals surface area (Å²) < 4.78 is 30.7. The lowest BCUT2D eigenvalue weighted by Crippen LogP contribution is -2.68. The minimum atomic E-state index is -1.17. The number of allylic oxidation sites excluding steroid dienone is 1. The number of hydrogen-bond donors (Lipinski definition) is 2. The van der Waals surface area contributed by atoms with E-state index < -0.39 is 49.0 Å². The quantitative estimate of drug-likeness (QED) is 0.509. The predicted octanol–water partition coefficient (Wildman–Crippen LogP) is 3.00. The largest absolute Gasteiger partial charge is 0.479 e. The highest BCUT2D eigenvalue weighted by Crippen LogP contribution is 2.37. The summed E-state index contributed by atoms with van der Waals surface area (Å²) in [5, 5.41) is 12.4. The third-order valence-corrected chi connectivity index (χ3v) is 6.07. The first-order valence-corrected chi connectivity index (χ1v) is 11.9. The van der Waals surface area contributed by atoms with Crippen LogP contribution in [0.4, 0.5) is 0 Å². The van der Waals surface area contributed by atoms with Gasteiger partial charge in [-0.3, -0.25) is 4.79 Å². The maximum atomic E-state index is 12.2. The first-order valence-electron chi connectivity index (χ1n) is 11.9. The highest BCUT2D eigenvalue weighted by molar-refractivity contribution is 5.73. The molecule has 1 amide bonds. The van der Waals surface area contributed by atoms with Crippen LogP contribution in [0.25, 0.3) is 0 Å². The van der Waals surface area contributed by atoms with Crippen molar-refractivity contribution in [3.05, 3.63) is 78.4 Å². The van der Waals surface area contributed by atoms with E-state index >= 15 is 0 Å². The summed E-state index contributed by atoms with van der Waals surface area (Å²) in [7, 11) is 0. The van der Waals surface area contributed by atoms with Gasteiger partial charge in [0.2, 0.25) is 12.2 Å². The highest BCUT2D eigenvalue weighted by Gasteiger charge is 2.53. The van der Waals surface area contributed by atoms with Crippen LogP contribution in [0.15, 0.2) is 67.3 Å². The maximum absolute atomic E-state index is 12.2. The van der Waals surface area contributed by atoms with Gasteiger partial charge in [0.1, 0.15) is 30.1 Å². The number of carboxylic acids is 1. The van der Waals surface area contributed by atoms with Crippen LogP contribution in [0.3, 0.4) is 0 Å². The fourth-order valence-electron chi connectivity index (χ4n) is 4.36. The van der Waals surface area contributed by atoms with Crippen molar-refractivity contribution < 1.29 is 38.4 Å². The number of fused-ring (bicyclic) bond motifs is 1. The SMILES string of the molecule is C=CCc1ccccc1OC1OC2COC(c3ccccc3)OC2C(OC(C)C(=O)O)C1NC(C)=O. The van der Waals surface area contributed by atoms with Crippen molar-refractivity contribution in [2.45, 2.75) is 63.3 Å². The topological polar surface area (TPSA) is 113 Å². The van der Waals surface area contributed by atoms with Crippen LogP contribution in [-0.4, -0.2) is 60.3 Å². The van der Waals surface area contributed by atoms with E-state index in [-0.39, 0.29) is 12.5 Å². The van der Waals surface area contributed by atoms with E-state index in [1.807, 2.05) is 48.5 Å². The third kappa shape index (κ3) is 5.93. The first-order chi connectivity index (χ1) is 17.4. The van der Waals surface area contributed by atoms with Gasteiger partial charge in [-0.15, -0.1) is 6.58 Å². The molecule has 7 unspecified atom stereocenters. The zero-order chi connectivity index (χ0) is 25.7. The van der Waals surface area contributed by atoms with Gasteiger partial charge in [-0.05, 0) is 25.0 Å². The Hall–Kier alpha value is -3.24. The van der Waals surface area contributed by atoms with Crippen molar-refractivity contribution in [1.82, 2.24) is 5.32 Å². The number of para-hydroxylation sites is 1. The van der Waals surface area contributed by atoms with E-state index in [0.717, 1.165) is 11.1 Å². The van der Waals surface area contributed by atoms with Crippen LogP contribution in [0.2, 0.25) is 0 Å². The lowest BCUT2D eigenvalue weighted by Gasteiger charge is -2.49. The summed E-state index contributed by atoms with van der Waals surface area (Å²) >= 11 is 0. The van der Waals surface area contributed by atoms with Gasteiger partial charge in [0, 0.05) is 12.5 Å². The molecule has 2 aliphatic rings. The average molecular weight is 498 g/mol. The number of benzene rings is 2. The Morgan fingerprint density at radius 3 is 2.58 bits per heavy atom. The van der Waals surface area contributed by atoms with E-state index in [0.29, 0.717) is 12.2 Å². The molecule has 0 radical (unpaired) electrons. The normalized spacial score (nSPS) is 28.4. The zero-order valence-corrected chi connectivity index (χ0v) is 20.2. The molecule has 9 nitrogen and oxygen atoms in total. The maximum Gasteiger partial charge on any atom is 0.332 e. The second kappa shape index (κ2) is 11.7. The minimum Gasteiger partial charge on any atom is -0.479 e. The van der Waals surface area contributed by atoms with Gasteiger partial charge in [-0.1, -0.05) is 54.6 Å². The summed E-state index contributed by atoms with van der Waals surface area (Å²) in [6.07, 6.45) is -2.79. The molecule has 0 bridgehead atoms. The molecular formula is C27H31NO8. The molecule has 2 heterocycles. The second-order valence-corrected chi connectivity index (χ2v) is 8.75. The lowest BCUT2D eigenvalue weighted by atomic mass is 9.95. The van der Waals surface area contributed by atoms with E-state index in [1.54, 1.807) is 12.1 Å². The van der Waals surface area contributed by atoms with Crippen molar-refractivity contribution in [2.24, 2.45) is 0 Å². The molecule has 2 aliphatic heterocycles. The van der Waals surface area contributed by atoms with Gasteiger partial charge in [-0.25, -0.2) is 4.79 Å². The van der Waals surface area contributed by atoms with E-state index in [2.05, 4.69) is 11.9 Å². The average Bonchev–Trinajstić information content (AvgIpc) is 2.87. The Morgan fingerprint density at radius 2 is 1.89 bits per heavy atom. The van der Waals surface area contributed by atoms with Crippen molar-refractivity contribution in [1.29, 1.82) is 0 Å². The molecule has 4 rings (SSSR count). The zero-order valence-electron chi connectivity index (χ0n) is 20.2. The van der Waals surface area contributed by atoms with Crippen molar-refractivity contribution >= 4 is 11.9 Å². The van der Waals surface area contributed by atoms with Gasteiger partial charge in [0.25, 0.3) is 0 Å². The van der Waals surface area contributed by atoms with Crippen molar-refractivity contribution in [3.8, 4) is 5.75 Å². The monoisotopic (exact) mass is 497 g/mol. The Labute approximate surface area is 209 Å². The molecule has 2 N–H and O–H groups in total. The number of hydrogen-bond acceptors (Lipinski definition) is 7. The van der Waals surface area contributed by atoms with Gasteiger partial charge >= 0.3 is 5.97 Å². The highest BCUT2D eigenvalue weighted by atomic mass is 16.8. The third-order valence-electron chi connectivity index (χ3n) is 6.07. The second-order valence-electron chi connectivity index (χ2n) is 8.75. The number of carbonyl (C=O) groups excluding carboxylic acids is 1. The molecule has 0 aromatic heterocycles. The van der Waals surface area contributed by atoms with Gasteiger partial charge in [0.05, 0.1) is 6.61 Å². The van der Waals surface area contributed by atoms with Crippen LogP contribution in [0.1, 0.15) is 31.3 Å². The standard InChI is InChI=1S/C27H31NO8/c1-4-10-18-11-8-9-14-20(18)34-27-22(28-17(3)29)24(33-16(2)25(30)31)23-21(35-27)15-32-26(36-23)19-12-6-5-7-13-19/h4-9,11-14,16,21-24,26-27H,1,10,15H2,2-3H3,(H,28,29)(H,30,31). The summed E-state index contributed by atoms with van der Waals surface area (Å²) in [6, 6.07) is 15.9. The Balaban J connectivity index is 1.66. The van der Waals surface area contributed by atoms with Gasteiger partial charge in [0.15, 0.2) is 12.4 Å². The van der Waals surface area contributed by atoms with Crippen LogP contribution in [-0.2, 0) is 35.0 Å². The predicted molar refractivity (Wildman–Crippen MR) is 129 cm³/mol. The molecule has 2 aromatic carbocycles. The molecule has 0 spiro atoms. The van der Waals surface area contributed by atoms with Crippen LogP contribution in [0.5, 0.6) is 5.75 Å². The number of aliphatic carboxylic acids is 1. The molecule has 2 aromatic rings. The van der Waals surface area contributed by atoms with Gasteiger partial charge < -0.3 is 34.1 Å². The molecule has 2 saturated heterocycles. The molecule has 36 heavy (non-hydrogen) atoms. The number of carbonyl (C=O) groups is 2. The summed E-state index contributed by atoms with van der Waals surface area (Å²) in [6.45, 7) is 6.75. The molecule has 2 fully saturated rings. The van der Waals surface area contributed by atoms with Gasteiger partial charge in [-0.2, -0.15) is 0 Å². The van der Waals surface area contributed by atoms with Crippen molar-refractivity contribution in [3.63, 3.8) is 0 Å². The van der Waals surface area contributed by atoms with E-state index in [4.69, 9.17) is 23.7 Å². The summed E-state index contributed by atoms with van der Waals surface area (Å²) in [4.78, 5) is 23.9. The number of carboxylic acid groups (broad SMARTS) is 1. The molecular weight excluding hydrogens is 466 g/mol. The Kier molecular flexibility index (Phi) is 8.37. The molecule has 9 heteroatoms. The molecule has 0 saturated carbocycles. The van der Waals surface area contributed by atoms with Crippen LogP contribution >= 0.6 is 0 Å². The lowest BCUT2D eigenvalue weighted by molar-refractivity contribution is -0.340. The Morgan fingerprint density at radius 1 is 1.17 bits per heavy atom. The summed E-state index contributed by atoms with van der Waals surface area (Å²) in [5.41, 5.74) is 1.69.